The van der Waals surface area contributed by atoms with Gasteiger partial charge in [-0.3, -0.25) is 18.7 Å². The summed E-state index contributed by atoms with van der Waals surface area (Å²) in [5, 5.41) is 0. The molecule has 1 atom stereocenters. The van der Waals surface area contributed by atoms with E-state index in [0.717, 1.165) is 4.90 Å². The summed E-state index contributed by atoms with van der Waals surface area (Å²) in [7, 11) is -1.18. The van der Waals surface area contributed by atoms with Crippen LogP contribution in [0.1, 0.15) is 26.5 Å². The van der Waals surface area contributed by atoms with Crippen molar-refractivity contribution in [3.05, 3.63) is 59.5 Å². The number of nitrogens with zero attached hydrogens (tertiary/aromatic N) is 1. The molecule has 0 saturated carbocycles. The van der Waals surface area contributed by atoms with Gasteiger partial charge < -0.3 is 4.42 Å². The molecular weight excluding hydrogens is 290 g/mol. The van der Waals surface area contributed by atoms with E-state index in [-0.39, 0.29) is 29.9 Å². The summed E-state index contributed by atoms with van der Waals surface area (Å²) in [6, 6.07) is 10.2. The predicted octanol–water partition coefficient (Wildman–Crippen LogP) is 1.82. The first-order valence-electron chi connectivity index (χ1n) is 6.49. The number of carbonyl (C=O) groups is 2. The molecule has 3 rings (SSSR count). The second kappa shape index (κ2) is 5.65. The minimum atomic E-state index is -1.18. The Morgan fingerprint density at radius 2 is 1.67 bits per heavy atom. The van der Waals surface area contributed by atoms with E-state index < -0.39 is 10.8 Å². The van der Waals surface area contributed by atoms with Crippen molar-refractivity contribution in [1.29, 1.82) is 0 Å². The smallest absolute Gasteiger partial charge is 0.261 e. The van der Waals surface area contributed by atoms with Crippen LogP contribution in [0.3, 0.4) is 0 Å². The minimum absolute atomic E-state index is 0.152. The molecule has 2 aromatic rings. The lowest BCUT2D eigenvalue weighted by Gasteiger charge is -2.12. The predicted molar refractivity (Wildman–Crippen MR) is 77.2 cm³/mol. The number of amides is 2. The van der Waals surface area contributed by atoms with Gasteiger partial charge in [0.05, 0.1) is 23.1 Å². The highest BCUT2D eigenvalue weighted by Gasteiger charge is 2.34. The van der Waals surface area contributed by atoms with Crippen molar-refractivity contribution in [3.63, 3.8) is 0 Å². The molecule has 0 bridgehead atoms. The first kappa shape index (κ1) is 13.8. The van der Waals surface area contributed by atoms with E-state index >= 15 is 0 Å². The molecule has 2 amide bonds. The topological polar surface area (TPSA) is 67.6 Å². The SMILES string of the molecule is O=C1c2ccccc2C(=O)N1CC[S@](=O)Cc1ccco1. The van der Waals surface area contributed by atoms with E-state index in [9.17, 15) is 13.8 Å². The number of imide groups is 1. The van der Waals surface area contributed by atoms with Crippen LogP contribution in [0.5, 0.6) is 0 Å². The molecule has 1 aromatic carbocycles. The van der Waals surface area contributed by atoms with Crippen molar-refractivity contribution < 1.29 is 18.2 Å². The molecule has 0 saturated heterocycles. The van der Waals surface area contributed by atoms with Crippen LogP contribution < -0.4 is 0 Å². The zero-order valence-corrected chi connectivity index (χ0v) is 12.0. The van der Waals surface area contributed by atoms with Crippen LogP contribution in [-0.4, -0.2) is 33.2 Å². The van der Waals surface area contributed by atoms with Gasteiger partial charge in [0.2, 0.25) is 0 Å². The van der Waals surface area contributed by atoms with Crippen molar-refractivity contribution in [1.82, 2.24) is 4.90 Å². The Morgan fingerprint density at radius 1 is 1.00 bits per heavy atom. The van der Waals surface area contributed by atoms with Gasteiger partial charge in [0.25, 0.3) is 11.8 Å². The molecule has 1 aliphatic rings. The van der Waals surface area contributed by atoms with Crippen LogP contribution in [0.4, 0.5) is 0 Å². The molecule has 0 spiro atoms. The zero-order chi connectivity index (χ0) is 14.8. The van der Waals surface area contributed by atoms with Crippen LogP contribution >= 0.6 is 0 Å². The number of benzene rings is 1. The maximum atomic E-state index is 12.1. The lowest BCUT2D eigenvalue weighted by molar-refractivity contribution is 0.0664. The monoisotopic (exact) mass is 303 g/mol. The normalized spacial score (nSPS) is 15.3. The third-order valence-corrected chi connectivity index (χ3v) is 4.55. The highest BCUT2D eigenvalue weighted by molar-refractivity contribution is 7.84. The number of fused-ring (bicyclic) bond motifs is 1. The zero-order valence-electron chi connectivity index (χ0n) is 11.2. The Balaban J connectivity index is 1.63. The van der Waals surface area contributed by atoms with Crippen LogP contribution in [-0.2, 0) is 16.6 Å². The van der Waals surface area contributed by atoms with Gasteiger partial charge in [-0.15, -0.1) is 0 Å². The third kappa shape index (κ3) is 2.67. The number of hydrogen-bond acceptors (Lipinski definition) is 4. The average Bonchev–Trinajstić information content (AvgIpc) is 3.07. The largest absolute Gasteiger partial charge is 0.468 e. The minimum Gasteiger partial charge on any atom is -0.468 e. The van der Waals surface area contributed by atoms with Gasteiger partial charge in [-0.2, -0.15) is 0 Å². The maximum Gasteiger partial charge on any atom is 0.261 e. The highest BCUT2D eigenvalue weighted by Crippen LogP contribution is 2.22. The molecular formula is C15H13NO4S. The Kier molecular flexibility index (Phi) is 3.70. The van der Waals surface area contributed by atoms with E-state index in [1.807, 2.05) is 0 Å². The lowest BCUT2D eigenvalue weighted by atomic mass is 10.1. The Labute approximate surface area is 124 Å². The lowest BCUT2D eigenvalue weighted by Crippen LogP contribution is -2.33. The van der Waals surface area contributed by atoms with E-state index in [1.165, 1.54) is 6.26 Å². The summed E-state index contributed by atoms with van der Waals surface area (Å²) in [6.07, 6.45) is 1.52. The molecule has 1 aromatic heterocycles. The van der Waals surface area contributed by atoms with Gasteiger partial charge in [-0.1, -0.05) is 12.1 Å². The highest BCUT2D eigenvalue weighted by atomic mass is 32.2. The van der Waals surface area contributed by atoms with Crippen molar-refractivity contribution in [2.24, 2.45) is 0 Å². The Bertz CT molecular complexity index is 673. The van der Waals surface area contributed by atoms with Crippen molar-refractivity contribution in [3.8, 4) is 0 Å². The molecule has 0 radical (unpaired) electrons. The fraction of sp³-hybridized carbons (Fsp3) is 0.200. The number of furan rings is 1. The van der Waals surface area contributed by atoms with E-state index in [4.69, 9.17) is 4.42 Å². The van der Waals surface area contributed by atoms with Crippen LogP contribution in [0.2, 0.25) is 0 Å². The first-order chi connectivity index (χ1) is 10.2. The second-order valence-corrected chi connectivity index (χ2v) is 6.25. The van der Waals surface area contributed by atoms with E-state index in [1.54, 1.807) is 36.4 Å². The Hall–Kier alpha value is -2.21. The molecule has 0 fully saturated rings. The van der Waals surface area contributed by atoms with Gasteiger partial charge >= 0.3 is 0 Å². The molecule has 0 aliphatic carbocycles. The maximum absolute atomic E-state index is 12.1. The average molecular weight is 303 g/mol. The quantitative estimate of drug-likeness (QED) is 0.790. The summed E-state index contributed by atoms with van der Waals surface area (Å²) in [5.41, 5.74) is 0.832. The van der Waals surface area contributed by atoms with E-state index in [2.05, 4.69) is 0 Å². The summed E-state index contributed by atoms with van der Waals surface area (Å²) in [4.78, 5) is 25.4. The summed E-state index contributed by atoms with van der Waals surface area (Å²) in [5.74, 6) is 0.536. The fourth-order valence-electron chi connectivity index (χ4n) is 2.26. The molecule has 5 nitrogen and oxygen atoms in total. The summed E-state index contributed by atoms with van der Waals surface area (Å²) < 4.78 is 17.1. The van der Waals surface area contributed by atoms with Gasteiger partial charge in [-0.25, -0.2) is 0 Å². The Morgan fingerprint density at radius 3 is 2.24 bits per heavy atom. The molecule has 108 valence electrons. The molecule has 2 heterocycles. The van der Waals surface area contributed by atoms with Crippen LogP contribution in [0.15, 0.2) is 47.1 Å². The van der Waals surface area contributed by atoms with Crippen molar-refractivity contribution in [2.45, 2.75) is 5.75 Å². The number of hydrogen-bond donors (Lipinski definition) is 0. The third-order valence-electron chi connectivity index (χ3n) is 3.30. The van der Waals surface area contributed by atoms with Gasteiger partial charge in [-0.05, 0) is 24.3 Å². The van der Waals surface area contributed by atoms with Crippen molar-refractivity contribution >= 4 is 22.6 Å². The van der Waals surface area contributed by atoms with Gasteiger partial charge in [0.1, 0.15) is 5.76 Å². The molecule has 6 heteroatoms. The molecule has 0 N–H and O–H groups in total. The summed E-state index contributed by atoms with van der Waals surface area (Å²) >= 11 is 0. The van der Waals surface area contributed by atoms with Gasteiger partial charge in [0, 0.05) is 23.1 Å². The molecule has 0 unspecified atom stereocenters. The fourth-order valence-corrected chi connectivity index (χ4v) is 3.27. The van der Waals surface area contributed by atoms with Gasteiger partial charge in [0.15, 0.2) is 0 Å². The van der Waals surface area contributed by atoms with Crippen LogP contribution in [0, 0.1) is 0 Å². The number of carbonyl (C=O) groups excluding carboxylic acids is 2. The first-order valence-corrected chi connectivity index (χ1v) is 7.98. The second-order valence-electron chi connectivity index (χ2n) is 4.68. The van der Waals surface area contributed by atoms with Crippen molar-refractivity contribution in [2.75, 3.05) is 12.3 Å². The van der Waals surface area contributed by atoms with Crippen LogP contribution in [0.25, 0.3) is 0 Å². The standard InChI is InChI=1S/C15H13NO4S/c17-14-12-5-1-2-6-13(12)15(18)16(14)7-9-21(19)10-11-4-3-8-20-11/h1-6,8H,7,9-10H2/t21-/m0/s1. The molecule has 1 aliphatic heterocycles. The summed E-state index contributed by atoms with van der Waals surface area (Å²) in [6.45, 7) is 0.152. The molecule has 21 heavy (non-hydrogen) atoms. The number of rotatable bonds is 5. The van der Waals surface area contributed by atoms with E-state index in [0.29, 0.717) is 16.9 Å².